The lowest BCUT2D eigenvalue weighted by Crippen LogP contribution is -2.26. The second kappa shape index (κ2) is 6.03. The van der Waals surface area contributed by atoms with Gasteiger partial charge in [-0.25, -0.2) is 0 Å². The molecule has 0 atom stereocenters. The van der Waals surface area contributed by atoms with Crippen molar-refractivity contribution in [3.8, 4) is 0 Å². The zero-order chi connectivity index (χ0) is 12.8. The number of aliphatic carboxylic acids is 1. The van der Waals surface area contributed by atoms with Gasteiger partial charge < -0.3 is 14.9 Å². The number of carboxylic acids is 1. The largest absolute Gasteiger partial charge is 0.481 e. The summed E-state index contributed by atoms with van der Waals surface area (Å²) >= 11 is 0. The number of carboxylic acid groups (broad SMARTS) is 1. The Kier molecular flexibility index (Phi) is 4.68. The highest BCUT2D eigenvalue weighted by molar-refractivity contribution is 5.96. The van der Waals surface area contributed by atoms with E-state index >= 15 is 0 Å². The second-order valence-electron chi connectivity index (χ2n) is 3.67. The molecule has 0 aliphatic rings. The van der Waals surface area contributed by atoms with Gasteiger partial charge in [-0.2, -0.15) is 0 Å². The van der Waals surface area contributed by atoms with Crippen LogP contribution < -0.4 is 5.32 Å². The fourth-order valence-electron chi connectivity index (χ4n) is 1.48. The van der Waals surface area contributed by atoms with Gasteiger partial charge in [-0.05, 0) is 19.8 Å². The molecule has 6 heteroatoms. The van der Waals surface area contributed by atoms with E-state index in [1.807, 2.05) is 6.92 Å². The molecule has 0 aliphatic heterocycles. The normalized spacial score (nSPS) is 10.2. The van der Waals surface area contributed by atoms with Gasteiger partial charge in [-0.3, -0.25) is 9.59 Å². The molecule has 0 radical (unpaired) electrons. The number of nitrogens with zero attached hydrogens (tertiary/aromatic N) is 1. The highest BCUT2D eigenvalue weighted by Gasteiger charge is 2.18. The summed E-state index contributed by atoms with van der Waals surface area (Å²) < 4.78 is 4.95. The molecule has 1 aromatic heterocycles. The fourth-order valence-corrected chi connectivity index (χ4v) is 1.48. The van der Waals surface area contributed by atoms with Crippen LogP contribution in [-0.2, 0) is 11.2 Å². The van der Waals surface area contributed by atoms with E-state index in [9.17, 15) is 9.59 Å². The molecule has 1 aromatic rings. The van der Waals surface area contributed by atoms with Gasteiger partial charge in [0.25, 0.3) is 5.91 Å². The topological polar surface area (TPSA) is 92.4 Å². The van der Waals surface area contributed by atoms with Crippen LogP contribution in [-0.4, -0.2) is 28.7 Å². The molecule has 94 valence electrons. The van der Waals surface area contributed by atoms with Crippen molar-refractivity contribution in [2.24, 2.45) is 0 Å². The summed E-state index contributed by atoms with van der Waals surface area (Å²) in [5, 5.41) is 14.9. The smallest absolute Gasteiger partial charge is 0.303 e. The second-order valence-corrected chi connectivity index (χ2v) is 3.67. The number of hydrogen-bond acceptors (Lipinski definition) is 4. The minimum Gasteiger partial charge on any atom is -0.481 e. The van der Waals surface area contributed by atoms with Gasteiger partial charge in [0.05, 0.1) is 5.69 Å². The molecule has 1 rings (SSSR count). The average Bonchev–Trinajstić information content (AvgIpc) is 2.65. The summed E-state index contributed by atoms with van der Waals surface area (Å²) in [5.41, 5.74) is 1.08. The zero-order valence-corrected chi connectivity index (χ0v) is 9.95. The van der Waals surface area contributed by atoms with Crippen molar-refractivity contribution in [2.75, 3.05) is 6.54 Å². The molecule has 0 spiro atoms. The zero-order valence-electron chi connectivity index (χ0n) is 9.95. The first-order valence-electron chi connectivity index (χ1n) is 5.51. The van der Waals surface area contributed by atoms with Crippen molar-refractivity contribution in [1.29, 1.82) is 0 Å². The van der Waals surface area contributed by atoms with E-state index in [4.69, 9.17) is 9.63 Å². The third-order valence-corrected chi connectivity index (χ3v) is 2.35. The predicted octanol–water partition coefficient (Wildman–Crippen LogP) is 1.14. The Morgan fingerprint density at radius 1 is 1.47 bits per heavy atom. The van der Waals surface area contributed by atoms with E-state index in [1.165, 1.54) is 0 Å². The quantitative estimate of drug-likeness (QED) is 0.727. The number of aryl methyl sites for hydroxylation is 2. The van der Waals surface area contributed by atoms with Crippen LogP contribution in [0.1, 0.15) is 41.6 Å². The van der Waals surface area contributed by atoms with Crippen molar-refractivity contribution < 1.29 is 19.2 Å². The summed E-state index contributed by atoms with van der Waals surface area (Å²) in [6.45, 7) is 3.90. The van der Waals surface area contributed by atoms with Gasteiger partial charge >= 0.3 is 5.97 Å². The minimum absolute atomic E-state index is 0.0452. The van der Waals surface area contributed by atoms with Crippen LogP contribution in [0.2, 0.25) is 0 Å². The van der Waals surface area contributed by atoms with Crippen LogP contribution in [0.15, 0.2) is 4.52 Å². The van der Waals surface area contributed by atoms with E-state index in [2.05, 4.69) is 10.5 Å². The SMILES string of the molecule is CCc1noc(C)c1C(=O)NCCCC(=O)O. The lowest BCUT2D eigenvalue weighted by molar-refractivity contribution is -0.137. The van der Waals surface area contributed by atoms with E-state index in [1.54, 1.807) is 6.92 Å². The van der Waals surface area contributed by atoms with Crippen molar-refractivity contribution in [3.63, 3.8) is 0 Å². The van der Waals surface area contributed by atoms with E-state index in [0.717, 1.165) is 0 Å². The van der Waals surface area contributed by atoms with E-state index in [0.29, 0.717) is 36.4 Å². The number of aromatic nitrogens is 1. The Hall–Kier alpha value is -1.85. The van der Waals surface area contributed by atoms with Crippen LogP contribution in [0.5, 0.6) is 0 Å². The monoisotopic (exact) mass is 240 g/mol. The molecule has 1 amide bonds. The van der Waals surface area contributed by atoms with Crippen molar-refractivity contribution in [3.05, 3.63) is 17.0 Å². The van der Waals surface area contributed by atoms with E-state index < -0.39 is 5.97 Å². The molecule has 0 unspecified atom stereocenters. The van der Waals surface area contributed by atoms with Gasteiger partial charge in [0.2, 0.25) is 0 Å². The molecular weight excluding hydrogens is 224 g/mol. The number of nitrogens with one attached hydrogen (secondary N) is 1. The lowest BCUT2D eigenvalue weighted by atomic mass is 10.1. The fraction of sp³-hybridized carbons (Fsp3) is 0.545. The first-order valence-corrected chi connectivity index (χ1v) is 5.51. The van der Waals surface area contributed by atoms with Crippen LogP contribution in [0.4, 0.5) is 0 Å². The summed E-state index contributed by atoms with van der Waals surface area (Å²) in [7, 11) is 0. The Morgan fingerprint density at radius 2 is 2.18 bits per heavy atom. The number of amides is 1. The van der Waals surface area contributed by atoms with Crippen LogP contribution in [0.3, 0.4) is 0 Å². The molecule has 6 nitrogen and oxygen atoms in total. The standard InChI is InChI=1S/C11H16N2O4/c1-3-8-10(7(2)17-13-8)11(16)12-6-4-5-9(14)15/h3-6H2,1-2H3,(H,12,16)(H,14,15). The number of hydrogen-bond donors (Lipinski definition) is 2. The maximum atomic E-state index is 11.8. The number of rotatable bonds is 6. The maximum Gasteiger partial charge on any atom is 0.303 e. The first-order chi connectivity index (χ1) is 8.06. The number of carbonyl (C=O) groups excluding carboxylic acids is 1. The molecule has 0 saturated heterocycles. The third kappa shape index (κ3) is 3.58. The van der Waals surface area contributed by atoms with Gasteiger partial charge in [-0.1, -0.05) is 12.1 Å². The predicted molar refractivity (Wildman–Crippen MR) is 59.8 cm³/mol. The molecule has 0 aliphatic carbocycles. The average molecular weight is 240 g/mol. The molecule has 0 fully saturated rings. The molecule has 2 N–H and O–H groups in total. The first kappa shape index (κ1) is 13.2. The highest BCUT2D eigenvalue weighted by Crippen LogP contribution is 2.13. The Labute approximate surface area is 99.0 Å². The Morgan fingerprint density at radius 3 is 2.76 bits per heavy atom. The molecule has 0 saturated carbocycles. The number of carbonyl (C=O) groups is 2. The summed E-state index contributed by atoms with van der Waals surface area (Å²) in [4.78, 5) is 22.1. The van der Waals surface area contributed by atoms with Crippen LogP contribution in [0, 0.1) is 6.92 Å². The van der Waals surface area contributed by atoms with Crippen molar-refractivity contribution in [1.82, 2.24) is 10.5 Å². The van der Waals surface area contributed by atoms with Crippen molar-refractivity contribution >= 4 is 11.9 Å². The van der Waals surface area contributed by atoms with Crippen LogP contribution in [0.25, 0.3) is 0 Å². The maximum absolute atomic E-state index is 11.8. The van der Waals surface area contributed by atoms with Gasteiger partial charge in [0, 0.05) is 13.0 Å². The Balaban J connectivity index is 2.52. The summed E-state index contributed by atoms with van der Waals surface area (Å²) in [5.74, 6) is -0.641. The van der Waals surface area contributed by atoms with Gasteiger partial charge in [0.1, 0.15) is 11.3 Å². The lowest BCUT2D eigenvalue weighted by Gasteiger charge is -2.03. The minimum atomic E-state index is -0.866. The van der Waals surface area contributed by atoms with Crippen molar-refractivity contribution in [2.45, 2.75) is 33.1 Å². The summed E-state index contributed by atoms with van der Waals surface area (Å²) in [6.07, 6.45) is 1.08. The van der Waals surface area contributed by atoms with Gasteiger partial charge in [0.15, 0.2) is 0 Å². The van der Waals surface area contributed by atoms with E-state index in [-0.39, 0.29) is 12.3 Å². The summed E-state index contributed by atoms with van der Waals surface area (Å²) in [6, 6.07) is 0. The van der Waals surface area contributed by atoms with Crippen LogP contribution >= 0.6 is 0 Å². The third-order valence-electron chi connectivity index (χ3n) is 2.35. The van der Waals surface area contributed by atoms with Gasteiger partial charge in [-0.15, -0.1) is 0 Å². The molecular formula is C11H16N2O4. The highest BCUT2D eigenvalue weighted by atomic mass is 16.5. The molecule has 0 aromatic carbocycles. The Bertz CT molecular complexity index is 412. The molecule has 17 heavy (non-hydrogen) atoms. The molecule has 0 bridgehead atoms. The molecule has 1 heterocycles.